The maximum absolute atomic E-state index is 10.9. The van der Waals surface area contributed by atoms with Crippen LogP contribution in [0.15, 0.2) is 0 Å². The molecule has 16 heavy (non-hydrogen) atoms. The van der Waals surface area contributed by atoms with Crippen molar-refractivity contribution >= 4 is 14.8 Å². The number of nitrogens with zero attached hydrogens (tertiary/aromatic N) is 1. The van der Waals surface area contributed by atoms with Crippen LogP contribution in [0.3, 0.4) is 0 Å². The summed E-state index contributed by atoms with van der Waals surface area (Å²) in [5.41, 5.74) is 0. The molecule has 0 spiro atoms. The van der Waals surface area contributed by atoms with Crippen LogP contribution in [-0.4, -0.2) is 35.8 Å². The largest absolute Gasteiger partial charge is 0.502 e. The van der Waals surface area contributed by atoms with E-state index in [9.17, 15) is 4.79 Å². The molecule has 0 radical (unpaired) electrons. The van der Waals surface area contributed by atoms with Crippen molar-refractivity contribution in [2.24, 2.45) is 0 Å². The first kappa shape index (κ1) is 15.1. The van der Waals surface area contributed by atoms with Gasteiger partial charge >= 0.3 is 14.8 Å². The number of nitriles is 1. The molecule has 0 fully saturated rings. The maximum Gasteiger partial charge on any atom is 0.502 e. The van der Waals surface area contributed by atoms with Gasteiger partial charge in [0.1, 0.15) is 6.42 Å². The second kappa shape index (κ2) is 8.24. The molecule has 0 saturated carbocycles. The van der Waals surface area contributed by atoms with Gasteiger partial charge in [0.15, 0.2) is 6.79 Å². The molecular weight excluding hydrogens is 230 g/mol. The fourth-order valence-electron chi connectivity index (χ4n) is 1.08. The van der Waals surface area contributed by atoms with Crippen molar-refractivity contribution in [2.75, 3.05) is 21.0 Å². The Hall–Kier alpha value is -0.943. The van der Waals surface area contributed by atoms with Crippen molar-refractivity contribution in [3.05, 3.63) is 0 Å². The van der Waals surface area contributed by atoms with Gasteiger partial charge in [0.05, 0.1) is 6.07 Å². The van der Waals surface area contributed by atoms with Crippen LogP contribution in [0.1, 0.15) is 19.8 Å². The van der Waals surface area contributed by atoms with E-state index in [-0.39, 0.29) is 13.2 Å². The summed E-state index contributed by atoms with van der Waals surface area (Å²) >= 11 is 0. The molecule has 7 heteroatoms. The van der Waals surface area contributed by atoms with Gasteiger partial charge in [0, 0.05) is 20.3 Å². The van der Waals surface area contributed by atoms with Gasteiger partial charge < -0.3 is 18.0 Å². The van der Waals surface area contributed by atoms with Crippen LogP contribution in [0.2, 0.25) is 6.04 Å². The Morgan fingerprint density at radius 2 is 2.00 bits per heavy atom. The van der Waals surface area contributed by atoms with Crippen molar-refractivity contribution in [2.45, 2.75) is 25.8 Å². The Morgan fingerprint density at radius 1 is 1.38 bits per heavy atom. The molecule has 0 amide bonds. The van der Waals surface area contributed by atoms with Crippen LogP contribution >= 0.6 is 0 Å². The first-order chi connectivity index (χ1) is 7.64. The summed E-state index contributed by atoms with van der Waals surface area (Å²) in [5, 5.41) is 8.24. The number of carbonyl (C=O) groups is 1. The minimum Gasteiger partial charge on any atom is -0.439 e. The summed E-state index contributed by atoms with van der Waals surface area (Å²) in [7, 11) is 0.312. The fourth-order valence-corrected chi connectivity index (χ4v) is 2.89. The molecule has 0 heterocycles. The SMILES string of the molecule is CCC[Si](OC)(OC)OCOC(=O)CC#N. The van der Waals surface area contributed by atoms with Gasteiger partial charge in [-0.1, -0.05) is 13.3 Å². The van der Waals surface area contributed by atoms with E-state index in [4.69, 9.17) is 18.5 Å². The fraction of sp³-hybridized carbons (Fsp3) is 0.778. The summed E-state index contributed by atoms with van der Waals surface area (Å²) in [5.74, 6) is -0.617. The van der Waals surface area contributed by atoms with Crippen LogP contribution in [0, 0.1) is 11.3 Å². The molecule has 0 unspecified atom stereocenters. The quantitative estimate of drug-likeness (QED) is 0.362. The van der Waals surface area contributed by atoms with E-state index in [2.05, 4.69) is 4.74 Å². The molecular formula is C9H17NO5Si. The summed E-state index contributed by atoms with van der Waals surface area (Å²) in [6, 6.07) is 2.34. The van der Waals surface area contributed by atoms with Gasteiger partial charge in [-0.05, 0) is 0 Å². The number of hydrogen-bond donors (Lipinski definition) is 0. The summed E-state index contributed by atoms with van der Waals surface area (Å²) in [6.07, 6.45) is 0.561. The van der Waals surface area contributed by atoms with Crippen molar-refractivity contribution < 1.29 is 22.8 Å². The maximum atomic E-state index is 10.9. The molecule has 0 aromatic rings. The zero-order valence-electron chi connectivity index (χ0n) is 9.82. The number of esters is 1. The van der Waals surface area contributed by atoms with E-state index < -0.39 is 14.8 Å². The summed E-state index contributed by atoms with van der Waals surface area (Å²) in [4.78, 5) is 10.9. The van der Waals surface area contributed by atoms with E-state index >= 15 is 0 Å². The zero-order valence-corrected chi connectivity index (χ0v) is 10.8. The highest BCUT2D eigenvalue weighted by molar-refractivity contribution is 6.60. The van der Waals surface area contributed by atoms with E-state index in [1.165, 1.54) is 14.2 Å². The lowest BCUT2D eigenvalue weighted by molar-refractivity contribution is -0.151. The second-order valence-electron chi connectivity index (χ2n) is 2.95. The third-order valence-electron chi connectivity index (χ3n) is 1.90. The number of ether oxygens (including phenoxy) is 1. The molecule has 0 aliphatic carbocycles. The van der Waals surface area contributed by atoms with Crippen LogP contribution in [0.25, 0.3) is 0 Å². The highest BCUT2D eigenvalue weighted by Gasteiger charge is 2.38. The molecule has 0 aromatic carbocycles. The van der Waals surface area contributed by atoms with Crippen molar-refractivity contribution in [1.82, 2.24) is 0 Å². The normalized spacial score (nSPS) is 10.9. The Bertz CT molecular complexity index is 249. The van der Waals surface area contributed by atoms with E-state index in [1.807, 2.05) is 6.92 Å². The zero-order chi connectivity index (χ0) is 12.4. The molecule has 6 nitrogen and oxygen atoms in total. The standard InChI is InChI=1S/C9H17NO5Si/c1-4-7-16(12-2,13-3)15-8-14-9(11)5-6-10/h4-5,7-8H2,1-3H3. The Kier molecular flexibility index (Phi) is 7.75. The molecule has 92 valence electrons. The number of carbonyl (C=O) groups excluding carboxylic acids is 1. The third-order valence-corrected chi connectivity index (χ3v) is 4.81. The smallest absolute Gasteiger partial charge is 0.439 e. The van der Waals surface area contributed by atoms with Gasteiger partial charge in [-0.2, -0.15) is 5.26 Å². The summed E-state index contributed by atoms with van der Waals surface area (Å²) in [6.45, 7) is 1.74. The average Bonchev–Trinajstić information content (AvgIpc) is 2.28. The van der Waals surface area contributed by atoms with Crippen molar-refractivity contribution in [3.63, 3.8) is 0 Å². The second-order valence-corrected chi connectivity index (χ2v) is 5.93. The van der Waals surface area contributed by atoms with Gasteiger partial charge in [-0.25, -0.2) is 0 Å². The van der Waals surface area contributed by atoms with Gasteiger partial charge in [-0.3, -0.25) is 4.79 Å². The Labute approximate surface area is 96.4 Å². The molecule has 0 aliphatic rings. The minimum absolute atomic E-state index is 0.242. The molecule has 0 N–H and O–H groups in total. The van der Waals surface area contributed by atoms with Gasteiger partial charge in [0.25, 0.3) is 0 Å². The molecule has 0 atom stereocenters. The monoisotopic (exact) mass is 247 g/mol. The first-order valence-electron chi connectivity index (χ1n) is 4.91. The van der Waals surface area contributed by atoms with E-state index in [0.29, 0.717) is 6.04 Å². The minimum atomic E-state index is -2.69. The first-order valence-corrected chi connectivity index (χ1v) is 6.84. The summed E-state index contributed by atoms with van der Waals surface area (Å²) < 4.78 is 20.4. The molecule has 0 saturated heterocycles. The lowest BCUT2D eigenvalue weighted by Gasteiger charge is -2.25. The molecule has 0 aliphatic heterocycles. The van der Waals surface area contributed by atoms with Crippen molar-refractivity contribution in [1.29, 1.82) is 5.26 Å². The molecule has 0 rings (SSSR count). The van der Waals surface area contributed by atoms with Gasteiger partial charge in [-0.15, -0.1) is 0 Å². The third kappa shape index (κ3) is 5.23. The predicted molar refractivity (Wildman–Crippen MR) is 57.1 cm³/mol. The number of rotatable bonds is 8. The topological polar surface area (TPSA) is 77.8 Å². The predicted octanol–water partition coefficient (Wildman–Crippen LogP) is 1.06. The van der Waals surface area contributed by atoms with Gasteiger partial charge in [0.2, 0.25) is 0 Å². The van der Waals surface area contributed by atoms with Crippen LogP contribution in [0.5, 0.6) is 0 Å². The highest BCUT2D eigenvalue weighted by Crippen LogP contribution is 2.15. The lowest BCUT2D eigenvalue weighted by atomic mass is 10.5. The highest BCUT2D eigenvalue weighted by atomic mass is 28.4. The van der Waals surface area contributed by atoms with Crippen LogP contribution in [0.4, 0.5) is 0 Å². The molecule has 0 bridgehead atoms. The molecule has 0 aromatic heterocycles. The Morgan fingerprint density at radius 3 is 2.44 bits per heavy atom. The van der Waals surface area contributed by atoms with Crippen LogP contribution < -0.4 is 0 Å². The van der Waals surface area contributed by atoms with E-state index in [0.717, 1.165) is 6.42 Å². The number of hydrogen-bond acceptors (Lipinski definition) is 6. The Balaban J connectivity index is 4.03. The lowest BCUT2D eigenvalue weighted by Crippen LogP contribution is -2.44. The average molecular weight is 247 g/mol. The van der Waals surface area contributed by atoms with Crippen molar-refractivity contribution in [3.8, 4) is 6.07 Å². The van der Waals surface area contributed by atoms with E-state index in [1.54, 1.807) is 6.07 Å². The van der Waals surface area contributed by atoms with Crippen LogP contribution in [-0.2, 0) is 22.8 Å².